The van der Waals surface area contributed by atoms with E-state index in [1.807, 2.05) is 19.1 Å². The van der Waals surface area contributed by atoms with Crippen LogP contribution in [0.4, 0.5) is 0 Å². The van der Waals surface area contributed by atoms with E-state index >= 15 is 0 Å². The molecule has 0 bridgehead atoms. The second-order valence-electron chi connectivity index (χ2n) is 2.84. The monoisotopic (exact) mass is 164 g/mol. The summed E-state index contributed by atoms with van der Waals surface area (Å²) in [7, 11) is 0. The average Bonchev–Trinajstić information content (AvgIpc) is 2.06. The topological polar surface area (TPSA) is 37.3 Å². The molecule has 0 aromatic carbocycles. The molecule has 2 nitrogen and oxygen atoms in total. The van der Waals surface area contributed by atoms with Gasteiger partial charge in [-0.15, -0.1) is 0 Å². The third-order valence-electron chi connectivity index (χ3n) is 1.96. The molecule has 2 heteroatoms. The fourth-order valence-electron chi connectivity index (χ4n) is 1.29. The molecule has 0 saturated carbocycles. The van der Waals surface area contributed by atoms with E-state index in [-0.39, 0.29) is 0 Å². The summed E-state index contributed by atoms with van der Waals surface area (Å²) >= 11 is 0. The first kappa shape index (κ1) is 8.78. The van der Waals surface area contributed by atoms with Gasteiger partial charge in [0.1, 0.15) is 5.41 Å². The van der Waals surface area contributed by atoms with Gasteiger partial charge in [-0.05, 0) is 13.3 Å². The first-order valence-electron chi connectivity index (χ1n) is 3.93. The Hall–Kier alpha value is -1.31. The fourth-order valence-corrected chi connectivity index (χ4v) is 1.29. The van der Waals surface area contributed by atoms with Crippen molar-refractivity contribution in [1.82, 2.24) is 0 Å². The Morgan fingerprint density at radius 3 is 2.75 bits per heavy atom. The first-order valence-corrected chi connectivity index (χ1v) is 3.93. The highest BCUT2D eigenvalue weighted by Crippen LogP contribution is 2.29. The summed E-state index contributed by atoms with van der Waals surface area (Å²) in [5.41, 5.74) is -0.802. The van der Waals surface area contributed by atoms with Crippen LogP contribution in [0.5, 0.6) is 0 Å². The molecule has 0 radical (unpaired) electrons. The van der Waals surface area contributed by atoms with Gasteiger partial charge in [-0.2, -0.15) is 0 Å². The van der Waals surface area contributed by atoms with Crippen LogP contribution in [0.3, 0.4) is 0 Å². The Labute approximate surface area is 71.9 Å². The van der Waals surface area contributed by atoms with E-state index in [9.17, 15) is 4.79 Å². The summed E-state index contributed by atoms with van der Waals surface area (Å²) in [6.07, 6.45) is 11.3. The molecule has 0 saturated heterocycles. The predicted octanol–water partition coefficient (Wildman–Crippen LogP) is 2.15. The zero-order valence-electron chi connectivity index (χ0n) is 7.03. The maximum absolute atomic E-state index is 10.9. The number of rotatable bonds is 2. The molecule has 1 N–H and O–H groups in total. The third kappa shape index (κ3) is 1.47. The van der Waals surface area contributed by atoms with Gasteiger partial charge < -0.3 is 5.11 Å². The minimum absolute atomic E-state index is 0.545. The standard InChI is InChI=1S/C10H12O2/c1-2-6-10(9(11)12)7-4-3-5-8-10/h2-7H,8H2,1H3,(H,11,12). The largest absolute Gasteiger partial charge is 0.480 e. The normalized spacial score (nSPS) is 28.1. The minimum atomic E-state index is -0.802. The van der Waals surface area contributed by atoms with E-state index in [1.165, 1.54) is 0 Å². The number of carbonyl (C=O) groups is 1. The Bertz CT molecular complexity index is 261. The van der Waals surface area contributed by atoms with Crippen molar-refractivity contribution < 1.29 is 9.90 Å². The van der Waals surface area contributed by atoms with Crippen molar-refractivity contribution in [2.45, 2.75) is 13.3 Å². The minimum Gasteiger partial charge on any atom is -0.480 e. The Morgan fingerprint density at radius 2 is 2.33 bits per heavy atom. The molecule has 1 unspecified atom stereocenters. The van der Waals surface area contributed by atoms with Gasteiger partial charge in [0.15, 0.2) is 0 Å². The molecule has 0 heterocycles. The van der Waals surface area contributed by atoms with Crippen LogP contribution >= 0.6 is 0 Å². The second kappa shape index (κ2) is 3.39. The number of allylic oxidation sites excluding steroid dienone is 4. The van der Waals surface area contributed by atoms with Gasteiger partial charge >= 0.3 is 5.97 Å². The smallest absolute Gasteiger partial charge is 0.317 e. The summed E-state index contributed by atoms with van der Waals surface area (Å²) < 4.78 is 0. The van der Waals surface area contributed by atoms with Crippen molar-refractivity contribution in [2.24, 2.45) is 5.41 Å². The second-order valence-corrected chi connectivity index (χ2v) is 2.84. The molecule has 0 spiro atoms. The SMILES string of the molecule is CC=CC1(C(=O)O)C=CC=CC1. The van der Waals surface area contributed by atoms with Crippen LogP contribution in [-0.4, -0.2) is 11.1 Å². The van der Waals surface area contributed by atoms with Gasteiger partial charge in [-0.3, -0.25) is 4.79 Å². The van der Waals surface area contributed by atoms with Crippen LogP contribution < -0.4 is 0 Å². The van der Waals surface area contributed by atoms with E-state index in [1.54, 1.807) is 24.3 Å². The molecule has 0 aromatic rings. The quantitative estimate of drug-likeness (QED) is 0.635. The van der Waals surface area contributed by atoms with Gasteiger partial charge in [-0.1, -0.05) is 36.5 Å². The highest BCUT2D eigenvalue weighted by Gasteiger charge is 2.32. The van der Waals surface area contributed by atoms with Crippen molar-refractivity contribution in [1.29, 1.82) is 0 Å². The van der Waals surface area contributed by atoms with E-state index in [0.29, 0.717) is 6.42 Å². The van der Waals surface area contributed by atoms with Crippen LogP contribution in [0.1, 0.15) is 13.3 Å². The summed E-state index contributed by atoms with van der Waals surface area (Å²) in [5, 5.41) is 8.98. The average molecular weight is 164 g/mol. The zero-order valence-corrected chi connectivity index (χ0v) is 7.03. The maximum Gasteiger partial charge on any atom is 0.317 e. The molecule has 64 valence electrons. The van der Waals surface area contributed by atoms with E-state index in [0.717, 1.165) is 0 Å². The number of hydrogen-bond acceptors (Lipinski definition) is 1. The molecule has 1 aliphatic carbocycles. The van der Waals surface area contributed by atoms with Crippen molar-refractivity contribution in [3.8, 4) is 0 Å². The predicted molar refractivity (Wildman–Crippen MR) is 47.8 cm³/mol. The highest BCUT2D eigenvalue weighted by molar-refractivity contribution is 5.80. The highest BCUT2D eigenvalue weighted by atomic mass is 16.4. The Morgan fingerprint density at radius 1 is 1.58 bits per heavy atom. The van der Waals surface area contributed by atoms with Crippen molar-refractivity contribution in [3.63, 3.8) is 0 Å². The van der Waals surface area contributed by atoms with Crippen LogP contribution in [-0.2, 0) is 4.79 Å². The molecular weight excluding hydrogens is 152 g/mol. The van der Waals surface area contributed by atoms with Gasteiger partial charge in [0.2, 0.25) is 0 Å². The summed E-state index contributed by atoms with van der Waals surface area (Å²) in [6, 6.07) is 0. The molecule has 1 atom stereocenters. The summed E-state index contributed by atoms with van der Waals surface area (Å²) in [6.45, 7) is 1.83. The Kier molecular flexibility index (Phi) is 2.48. The summed E-state index contributed by atoms with van der Waals surface area (Å²) in [5.74, 6) is -0.791. The first-order chi connectivity index (χ1) is 5.71. The fraction of sp³-hybridized carbons (Fsp3) is 0.300. The lowest BCUT2D eigenvalue weighted by molar-refractivity contribution is -0.143. The van der Waals surface area contributed by atoms with Crippen molar-refractivity contribution in [3.05, 3.63) is 36.5 Å². The zero-order chi connectivity index (χ0) is 9.03. The van der Waals surface area contributed by atoms with E-state index < -0.39 is 11.4 Å². The molecule has 0 aliphatic heterocycles. The van der Waals surface area contributed by atoms with Crippen LogP contribution in [0, 0.1) is 5.41 Å². The maximum atomic E-state index is 10.9. The number of aliphatic carboxylic acids is 1. The van der Waals surface area contributed by atoms with Gasteiger partial charge in [0.25, 0.3) is 0 Å². The van der Waals surface area contributed by atoms with Crippen LogP contribution in [0.25, 0.3) is 0 Å². The molecule has 0 fully saturated rings. The van der Waals surface area contributed by atoms with Gasteiger partial charge in [0.05, 0.1) is 0 Å². The van der Waals surface area contributed by atoms with Crippen molar-refractivity contribution in [2.75, 3.05) is 0 Å². The molecule has 1 rings (SSSR count). The van der Waals surface area contributed by atoms with Gasteiger partial charge in [-0.25, -0.2) is 0 Å². The van der Waals surface area contributed by atoms with Crippen LogP contribution in [0.15, 0.2) is 36.5 Å². The summed E-state index contributed by atoms with van der Waals surface area (Å²) in [4.78, 5) is 10.9. The van der Waals surface area contributed by atoms with Crippen molar-refractivity contribution >= 4 is 5.97 Å². The lowest BCUT2D eigenvalue weighted by atomic mass is 9.81. The Balaban J connectivity index is 2.95. The number of carboxylic acids is 1. The molecule has 12 heavy (non-hydrogen) atoms. The molecule has 1 aliphatic rings. The van der Waals surface area contributed by atoms with Crippen LogP contribution in [0.2, 0.25) is 0 Å². The van der Waals surface area contributed by atoms with Gasteiger partial charge in [0, 0.05) is 0 Å². The lowest BCUT2D eigenvalue weighted by Gasteiger charge is -2.21. The molecule has 0 amide bonds. The third-order valence-corrected chi connectivity index (χ3v) is 1.96. The van der Waals surface area contributed by atoms with E-state index in [2.05, 4.69) is 0 Å². The number of hydrogen-bond donors (Lipinski definition) is 1. The van der Waals surface area contributed by atoms with E-state index in [4.69, 9.17) is 5.11 Å². The number of carboxylic acid groups (broad SMARTS) is 1. The molecular formula is C10H12O2. The molecule has 0 aromatic heterocycles. The lowest BCUT2D eigenvalue weighted by Crippen LogP contribution is -2.26.